The summed E-state index contributed by atoms with van der Waals surface area (Å²) in [4.78, 5) is 0. The van der Waals surface area contributed by atoms with E-state index in [-0.39, 0.29) is 21.3 Å². The minimum Gasteiger partial charge on any atom is -0.204 e. The molecule has 0 heterocycles. The highest BCUT2D eigenvalue weighted by Gasteiger charge is 2.44. The maximum absolute atomic E-state index is 14.7. The van der Waals surface area contributed by atoms with Gasteiger partial charge in [-0.1, -0.05) is 16.6 Å². The summed E-state index contributed by atoms with van der Waals surface area (Å²) in [5, 5.41) is 0. The van der Waals surface area contributed by atoms with Gasteiger partial charge in [0.25, 0.3) is 6.71 Å². The van der Waals surface area contributed by atoms with Crippen molar-refractivity contribution in [1.82, 2.24) is 0 Å². The summed E-state index contributed by atoms with van der Waals surface area (Å²) in [6.45, 7) is 2.05. The van der Waals surface area contributed by atoms with Crippen LogP contribution in [0.1, 0.15) is 20.8 Å². The highest BCUT2D eigenvalue weighted by Crippen LogP contribution is 2.41. The molecule has 0 saturated carbocycles. The first-order valence-corrected chi connectivity index (χ1v) is 10.3. The van der Waals surface area contributed by atoms with Crippen LogP contribution in [-0.4, -0.2) is 17.0 Å². The van der Waals surface area contributed by atoms with Crippen LogP contribution >= 0.6 is 0 Å². The highest BCUT2D eigenvalue weighted by atomic mass is 28.1. The molecule has 0 bridgehead atoms. The molecule has 32 heavy (non-hydrogen) atoms. The molecule has 1 unspecified atom stereocenters. The second-order valence-corrected chi connectivity index (χ2v) is 8.66. The lowest BCUT2D eigenvalue weighted by molar-refractivity contribution is 0.382. The number of hydrogen-bond donors (Lipinski definition) is 0. The van der Waals surface area contributed by atoms with Gasteiger partial charge in [-0.15, -0.1) is 0 Å². The molecule has 0 N–H and O–H groups in total. The Morgan fingerprint density at radius 3 is 1.03 bits per heavy atom. The van der Waals surface area contributed by atoms with Crippen molar-refractivity contribution in [2.24, 2.45) is 0 Å². The van der Waals surface area contributed by atoms with Crippen LogP contribution in [0.4, 0.5) is 43.9 Å². The van der Waals surface area contributed by atoms with Crippen LogP contribution in [0.2, 0.25) is 5.54 Å². The Bertz CT molecular complexity index is 1110. The van der Waals surface area contributed by atoms with Crippen molar-refractivity contribution in [1.29, 1.82) is 0 Å². The van der Waals surface area contributed by atoms with Crippen molar-refractivity contribution >= 4 is 27.9 Å². The predicted molar refractivity (Wildman–Crippen MR) is 102 cm³/mol. The second kappa shape index (κ2) is 8.13. The molecule has 170 valence electrons. The van der Waals surface area contributed by atoms with Gasteiger partial charge in [-0.05, 0) is 31.9 Å². The Kier molecular flexibility index (Phi) is 6.13. The van der Waals surface area contributed by atoms with Crippen LogP contribution in [0.3, 0.4) is 0 Å². The van der Waals surface area contributed by atoms with Crippen LogP contribution in [0.5, 0.6) is 0 Å². The van der Waals surface area contributed by atoms with Gasteiger partial charge in [-0.3, -0.25) is 0 Å². The molecule has 1 aliphatic carbocycles. The van der Waals surface area contributed by atoms with Crippen molar-refractivity contribution in [2.75, 3.05) is 0 Å². The first-order valence-electron chi connectivity index (χ1n) is 9.16. The molecule has 1 aliphatic rings. The summed E-state index contributed by atoms with van der Waals surface area (Å²) in [6.07, 6.45) is 0. The first kappa shape index (κ1) is 24.2. The van der Waals surface area contributed by atoms with E-state index in [2.05, 4.69) is 0 Å². The van der Waals surface area contributed by atoms with Crippen LogP contribution in [0.25, 0.3) is 0 Å². The van der Waals surface area contributed by atoms with Gasteiger partial charge in [0.05, 0.1) is 0 Å². The van der Waals surface area contributed by atoms with E-state index in [9.17, 15) is 43.9 Å². The smallest absolute Gasteiger partial charge is 0.204 e. The molecule has 1 atom stereocenters. The molecule has 2 aromatic rings. The maximum Gasteiger partial charge on any atom is 0.253 e. The fourth-order valence-electron chi connectivity index (χ4n) is 4.07. The summed E-state index contributed by atoms with van der Waals surface area (Å²) >= 11 is 0. The Balaban J connectivity index is 2.55. The zero-order valence-electron chi connectivity index (χ0n) is 16.9. The largest absolute Gasteiger partial charge is 0.253 e. The van der Waals surface area contributed by atoms with Crippen molar-refractivity contribution in [3.05, 3.63) is 80.4 Å². The van der Waals surface area contributed by atoms with Gasteiger partial charge in [0.2, 0.25) is 0 Å². The molecule has 0 aromatic heterocycles. The predicted octanol–water partition coefficient (Wildman–Crippen LogP) is 4.05. The van der Waals surface area contributed by atoms with Crippen molar-refractivity contribution in [2.45, 2.75) is 26.3 Å². The van der Waals surface area contributed by atoms with E-state index in [0.717, 1.165) is 0 Å². The third-order valence-electron chi connectivity index (χ3n) is 6.08. The monoisotopic (exact) mass is 482 g/mol. The molecular formula is C20H13BF10Si. The van der Waals surface area contributed by atoms with Gasteiger partial charge < -0.3 is 0 Å². The Labute approximate surface area is 179 Å². The summed E-state index contributed by atoms with van der Waals surface area (Å²) in [7, 11) is 0.149. The topological polar surface area (TPSA) is 0 Å². The standard InChI is InChI=1S/C20H13BF10Si/c1-4-5(2)7(20(32)6(4)3)21(8-10(22)14(26)18(30)15(27)11(8)23)9-12(24)16(28)19(31)17(29)13(9)25/h20H,1-3,32H3. The average molecular weight is 482 g/mol. The van der Waals surface area contributed by atoms with Crippen molar-refractivity contribution in [3.63, 3.8) is 0 Å². The Hall–Kier alpha value is -2.50. The van der Waals surface area contributed by atoms with Crippen LogP contribution in [0, 0.1) is 58.2 Å². The number of rotatable bonds is 3. The normalized spacial score (nSPS) is 16.6. The quantitative estimate of drug-likeness (QED) is 0.268. The summed E-state index contributed by atoms with van der Waals surface area (Å²) in [6, 6.07) is 0. The molecule has 12 heteroatoms. The molecular weight excluding hydrogens is 469 g/mol. The molecule has 0 nitrogen and oxygen atoms in total. The number of halogens is 10. The van der Waals surface area contributed by atoms with Gasteiger partial charge in [0, 0.05) is 21.2 Å². The number of allylic oxidation sites excluding steroid dienone is 4. The Morgan fingerprint density at radius 2 is 0.781 bits per heavy atom. The van der Waals surface area contributed by atoms with Gasteiger partial charge >= 0.3 is 0 Å². The van der Waals surface area contributed by atoms with E-state index in [4.69, 9.17) is 0 Å². The first-order chi connectivity index (χ1) is 14.7. The molecule has 0 radical (unpaired) electrons. The van der Waals surface area contributed by atoms with E-state index < -0.39 is 81.4 Å². The second-order valence-electron chi connectivity index (χ2n) is 7.51. The van der Waals surface area contributed by atoms with Crippen LogP contribution in [-0.2, 0) is 0 Å². The average Bonchev–Trinajstić information content (AvgIpc) is 2.95. The van der Waals surface area contributed by atoms with E-state index >= 15 is 0 Å². The highest BCUT2D eigenvalue weighted by molar-refractivity contribution is 6.92. The zero-order chi connectivity index (χ0) is 24.4. The van der Waals surface area contributed by atoms with Gasteiger partial charge in [0.1, 0.15) is 0 Å². The fraction of sp³-hybridized carbons (Fsp3) is 0.200. The van der Waals surface area contributed by atoms with Gasteiger partial charge in [-0.25, -0.2) is 43.9 Å². The minimum atomic E-state index is -2.52. The number of hydrogen-bond acceptors (Lipinski definition) is 0. The summed E-state index contributed by atoms with van der Waals surface area (Å²) in [5.74, 6) is -24.4. The third kappa shape index (κ3) is 3.22. The number of benzene rings is 2. The van der Waals surface area contributed by atoms with Crippen molar-refractivity contribution in [3.8, 4) is 0 Å². The molecule has 0 spiro atoms. The lowest BCUT2D eigenvalue weighted by Gasteiger charge is -2.25. The van der Waals surface area contributed by atoms with E-state index in [1.165, 1.54) is 6.92 Å². The van der Waals surface area contributed by atoms with Gasteiger partial charge in [0.15, 0.2) is 58.2 Å². The fourth-order valence-corrected chi connectivity index (χ4v) is 5.27. The summed E-state index contributed by atoms with van der Waals surface area (Å²) in [5.41, 5.74) is -3.02. The molecule has 0 saturated heterocycles. The van der Waals surface area contributed by atoms with E-state index in [0.29, 0.717) is 11.1 Å². The molecule has 0 fully saturated rings. The third-order valence-corrected chi connectivity index (χ3v) is 7.57. The molecule has 2 aromatic carbocycles. The SMILES string of the molecule is CC1=C(C)C([SiH3])C(B(c2c(F)c(F)c(F)c(F)c2F)c2c(F)c(F)c(F)c(F)c2F)=C1C. The van der Waals surface area contributed by atoms with Crippen molar-refractivity contribution < 1.29 is 43.9 Å². The minimum absolute atomic E-state index is 0.149. The zero-order valence-corrected chi connectivity index (χ0v) is 18.9. The van der Waals surface area contributed by atoms with Crippen LogP contribution < -0.4 is 10.9 Å². The lowest BCUT2D eigenvalue weighted by atomic mass is 9.34. The molecule has 3 rings (SSSR count). The van der Waals surface area contributed by atoms with E-state index in [1.54, 1.807) is 13.8 Å². The van der Waals surface area contributed by atoms with Crippen LogP contribution in [0.15, 0.2) is 22.2 Å². The van der Waals surface area contributed by atoms with E-state index in [1.807, 2.05) is 0 Å². The molecule has 0 aliphatic heterocycles. The maximum atomic E-state index is 14.7. The Morgan fingerprint density at radius 1 is 0.500 bits per heavy atom. The lowest BCUT2D eigenvalue weighted by Crippen LogP contribution is -2.53. The van der Waals surface area contributed by atoms with Gasteiger partial charge in [-0.2, -0.15) is 0 Å². The summed E-state index contributed by atoms with van der Waals surface area (Å²) < 4.78 is 142. The molecule has 0 amide bonds.